The zero-order chi connectivity index (χ0) is 14.0. The molecule has 8 heteroatoms. The zero-order valence-corrected chi connectivity index (χ0v) is 10.4. The third-order valence-electron chi connectivity index (χ3n) is 2.62. The van der Waals surface area contributed by atoms with Crippen LogP contribution in [-0.2, 0) is 0 Å². The molecule has 0 radical (unpaired) electrons. The molecular formula is C11H11ClF3N3O. The van der Waals surface area contributed by atoms with Gasteiger partial charge in [0, 0.05) is 11.6 Å². The normalized spacial score (nSPS) is 20.3. The highest BCUT2D eigenvalue weighted by atomic mass is 35.5. The van der Waals surface area contributed by atoms with E-state index >= 15 is 0 Å². The Morgan fingerprint density at radius 1 is 1.32 bits per heavy atom. The van der Waals surface area contributed by atoms with E-state index in [1.165, 1.54) is 0 Å². The number of urea groups is 1. The summed E-state index contributed by atoms with van der Waals surface area (Å²) in [7, 11) is 0. The second-order valence-corrected chi connectivity index (χ2v) is 4.56. The van der Waals surface area contributed by atoms with Gasteiger partial charge in [-0.05, 0) is 17.7 Å². The Labute approximate surface area is 112 Å². The van der Waals surface area contributed by atoms with Crippen LogP contribution in [0.15, 0.2) is 24.3 Å². The van der Waals surface area contributed by atoms with Crippen molar-refractivity contribution in [2.24, 2.45) is 0 Å². The monoisotopic (exact) mass is 293 g/mol. The third kappa shape index (κ3) is 3.74. The lowest BCUT2D eigenvalue weighted by molar-refractivity contribution is -0.147. The molecule has 1 aliphatic heterocycles. The van der Waals surface area contributed by atoms with Crippen LogP contribution in [0.25, 0.3) is 0 Å². The Kier molecular flexibility index (Phi) is 3.86. The number of hydrazine groups is 1. The smallest absolute Gasteiger partial charge is 0.335 e. The topological polar surface area (TPSA) is 44.4 Å². The number of carbonyl (C=O) groups is 1. The van der Waals surface area contributed by atoms with Crippen LogP contribution in [-0.4, -0.2) is 30.3 Å². The van der Waals surface area contributed by atoms with Crippen molar-refractivity contribution in [2.45, 2.75) is 12.2 Å². The second-order valence-electron chi connectivity index (χ2n) is 4.12. The Hall–Kier alpha value is -1.47. The van der Waals surface area contributed by atoms with Gasteiger partial charge in [-0.1, -0.05) is 23.7 Å². The van der Waals surface area contributed by atoms with Gasteiger partial charge in [-0.3, -0.25) is 0 Å². The van der Waals surface area contributed by atoms with Crippen molar-refractivity contribution in [1.82, 2.24) is 15.8 Å². The number of alkyl halides is 3. The van der Waals surface area contributed by atoms with Crippen LogP contribution in [0.3, 0.4) is 0 Å². The molecule has 0 aliphatic carbocycles. The molecule has 4 nitrogen and oxygen atoms in total. The van der Waals surface area contributed by atoms with Gasteiger partial charge in [-0.2, -0.15) is 13.2 Å². The van der Waals surface area contributed by atoms with Crippen LogP contribution in [0.1, 0.15) is 11.6 Å². The summed E-state index contributed by atoms with van der Waals surface area (Å²) in [6.07, 6.45) is -4.45. The summed E-state index contributed by atoms with van der Waals surface area (Å²) < 4.78 is 37.0. The van der Waals surface area contributed by atoms with Crippen molar-refractivity contribution in [2.75, 3.05) is 13.1 Å². The summed E-state index contributed by atoms with van der Waals surface area (Å²) in [4.78, 5) is 11.3. The molecule has 1 unspecified atom stereocenters. The average molecular weight is 294 g/mol. The predicted molar refractivity (Wildman–Crippen MR) is 63.5 cm³/mol. The van der Waals surface area contributed by atoms with Crippen molar-refractivity contribution in [3.8, 4) is 0 Å². The van der Waals surface area contributed by atoms with Gasteiger partial charge in [0.05, 0.1) is 6.04 Å². The molecule has 1 aromatic rings. The molecule has 1 aliphatic rings. The second kappa shape index (κ2) is 5.26. The molecular weight excluding hydrogens is 283 g/mol. The van der Waals surface area contributed by atoms with E-state index in [2.05, 4.69) is 10.7 Å². The summed E-state index contributed by atoms with van der Waals surface area (Å²) in [5, 5.41) is 3.48. The molecule has 1 atom stereocenters. The van der Waals surface area contributed by atoms with Crippen LogP contribution in [0, 0.1) is 0 Å². The summed E-state index contributed by atoms with van der Waals surface area (Å²) in [5.74, 6) is 0. The highest BCUT2D eigenvalue weighted by molar-refractivity contribution is 6.30. The number of nitrogens with zero attached hydrogens (tertiary/aromatic N) is 1. The number of halogens is 4. The SMILES string of the molecule is O=C1NCC(c2ccc(Cl)cc2)NN1CC(F)(F)F. The Balaban J connectivity index is 2.08. The van der Waals surface area contributed by atoms with Crippen molar-refractivity contribution in [1.29, 1.82) is 0 Å². The molecule has 1 saturated heterocycles. The summed E-state index contributed by atoms with van der Waals surface area (Å²) >= 11 is 5.74. The van der Waals surface area contributed by atoms with Gasteiger partial charge < -0.3 is 5.32 Å². The number of hydrogen-bond donors (Lipinski definition) is 2. The summed E-state index contributed by atoms with van der Waals surface area (Å²) in [6, 6.07) is 5.47. The van der Waals surface area contributed by atoms with Crippen LogP contribution >= 0.6 is 11.6 Å². The molecule has 104 valence electrons. The first-order valence-corrected chi connectivity index (χ1v) is 5.87. The molecule has 2 rings (SSSR count). The van der Waals surface area contributed by atoms with E-state index in [1.54, 1.807) is 24.3 Å². The van der Waals surface area contributed by atoms with Gasteiger partial charge in [-0.25, -0.2) is 15.2 Å². The van der Waals surface area contributed by atoms with E-state index in [-0.39, 0.29) is 6.54 Å². The molecule has 1 heterocycles. The first-order chi connectivity index (χ1) is 8.85. The van der Waals surface area contributed by atoms with Gasteiger partial charge in [0.2, 0.25) is 0 Å². The lowest BCUT2D eigenvalue weighted by Gasteiger charge is -2.34. The molecule has 0 bridgehead atoms. The minimum atomic E-state index is -4.45. The van der Waals surface area contributed by atoms with Gasteiger partial charge in [-0.15, -0.1) is 0 Å². The maximum Gasteiger partial charge on any atom is 0.407 e. The number of nitrogens with one attached hydrogen (secondary N) is 2. The van der Waals surface area contributed by atoms with Crippen LogP contribution in [0.5, 0.6) is 0 Å². The Morgan fingerprint density at radius 2 is 1.95 bits per heavy atom. The molecule has 1 aromatic carbocycles. The van der Waals surface area contributed by atoms with E-state index in [9.17, 15) is 18.0 Å². The highest BCUT2D eigenvalue weighted by Crippen LogP contribution is 2.21. The van der Waals surface area contributed by atoms with Gasteiger partial charge >= 0.3 is 12.2 Å². The van der Waals surface area contributed by atoms with Gasteiger partial charge in [0.1, 0.15) is 6.54 Å². The van der Waals surface area contributed by atoms with Crippen molar-refractivity contribution >= 4 is 17.6 Å². The lowest BCUT2D eigenvalue weighted by Crippen LogP contribution is -2.59. The van der Waals surface area contributed by atoms with Crippen molar-refractivity contribution in [3.63, 3.8) is 0 Å². The predicted octanol–water partition coefficient (Wildman–Crippen LogP) is 2.47. The fourth-order valence-electron chi connectivity index (χ4n) is 1.76. The van der Waals surface area contributed by atoms with E-state index in [1.807, 2.05) is 0 Å². The number of rotatable bonds is 2. The third-order valence-corrected chi connectivity index (χ3v) is 2.88. The number of benzene rings is 1. The standard InChI is InChI=1S/C11H11ClF3N3O/c12-8-3-1-7(2-4-8)9-5-16-10(19)18(17-9)6-11(13,14)15/h1-4,9,17H,5-6H2,(H,16,19). The zero-order valence-electron chi connectivity index (χ0n) is 9.67. The van der Waals surface area contributed by atoms with Crippen LogP contribution in [0.4, 0.5) is 18.0 Å². The molecule has 2 amide bonds. The molecule has 0 spiro atoms. The maximum atomic E-state index is 12.3. The van der Waals surface area contributed by atoms with Crippen molar-refractivity contribution < 1.29 is 18.0 Å². The number of amides is 2. The lowest BCUT2D eigenvalue weighted by atomic mass is 10.1. The van der Waals surface area contributed by atoms with E-state index in [0.29, 0.717) is 10.0 Å². The van der Waals surface area contributed by atoms with E-state index < -0.39 is 24.8 Å². The summed E-state index contributed by atoms with van der Waals surface area (Å²) in [5.41, 5.74) is 3.30. The quantitative estimate of drug-likeness (QED) is 0.880. The largest absolute Gasteiger partial charge is 0.407 e. The number of carbonyl (C=O) groups excluding carboxylic acids is 1. The Bertz CT molecular complexity index is 463. The van der Waals surface area contributed by atoms with Gasteiger partial charge in [0.15, 0.2) is 0 Å². The number of hydrogen-bond acceptors (Lipinski definition) is 2. The molecule has 0 aromatic heterocycles. The molecule has 1 fully saturated rings. The fourth-order valence-corrected chi connectivity index (χ4v) is 1.89. The molecule has 0 saturated carbocycles. The fraction of sp³-hybridized carbons (Fsp3) is 0.364. The van der Waals surface area contributed by atoms with Crippen molar-refractivity contribution in [3.05, 3.63) is 34.9 Å². The molecule has 19 heavy (non-hydrogen) atoms. The minimum Gasteiger partial charge on any atom is -0.335 e. The van der Waals surface area contributed by atoms with Crippen LogP contribution < -0.4 is 10.7 Å². The minimum absolute atomic E-state index is 0.217. The van der Waals surface area contributed by atoms with Crippen LogP contribution in [0.2, 0.25) is 5.02 Å². The van der Waals surface area contributed by atoms with Gasteiger partial charge in [0.25, 0.3) is 0 Å². The highest BCUT2D eigenvalue weighted by Gasteiger charge is 2.36. The average Bonchev–Trinajstić information content (AvgIpc) is 2.31. The first-order valence-electron chi connectivity index (χ1n) is 5.49. The van der Waals surface area contributed by atoms with E-state index in [0.717, 1.165) is 5.56 Å². The maximum absolute atomic E-state index is 12.3. The van der Waals surface area contributed by atoms with E-state index in [4.69, 9.17) is 11.6 Å². The molecule has 2 N–H and O–H groups in total. The summed E-state index contributed by atoms with van der Waals surface area (Å²) in [6.45, 7) is -1.13. The first kappa shape index (κ1) is 14.0. The Morgan fingerprint density at radius 3 is 2.53 bits per heavy atom.